The van der Waals surface area contributed by atoms with Crippen molar-refractivity contribution in [1.29, 1.82) is 0 Å². The van der Waals surface area contributed by atoms with E-state index in [4.69, 9.17) is 16.7 Å². The third-order valence-corrected chi connectivity index (χ3v) is 2.07. The lowest BCUT2D eigenvalue weighted by Crippen LogP contribution is -2.14. The summed E-state index contributed by atoms with van der Waals surface area (Å²) in [5.74, 6) is -1.70. The molecular formula is C9H6ClN5O3. The molecular weight excluding hydrogens is 262 g/mol. The number of hydrogen-bond acceptors (Lipinski definition) is 5. The highest BCUT2D eigenvalue weighted by Crippen LogP contribution is 2.08. The van der Waals surface area contributed by atoms with Crippen molar-refractivity contribution in [3.8, 4) is 0 Å². The van der Waals surface area contributed by atoms with Gasteiger partial charge in [-0.05, 0) is 0 Å². The molecule has 1 amide bonds. The molecule has 0 spiro atoms. The molecule has 8 nitrogen and oxygen atoms in total. The average molecular weight is 268 g/mol. The second-order valence-electron chi connectivity index (χ2n) is 3.15. The van der Waals surface area contributed by atoms with Crippen LogP contribution in [0.1, 0.15) is 21.0 Å². The molecule has 2 aromatic heterocycles. The second-order valence-corrected chi connectivity index (χ2v) is 3.54. The maximum Gasteiger partial charge on any atom is 0.353 e. The van der Waals surface area contributed by atoms with Gasteiger partial charge < -0.3 is 10.4 Å². The van der Waals surface area contributed by atoms with Gasteiger partial charge in [-0.15, -0.1) is 0 Å². The van der Waals surface area contributed by atoms with E-state index < -0.39 is 11.9 Å². The zero-order valence-electron chi connectivity index (χ0n) is 8.72. The van der Waals surface area contributed by atoms with Crippen LogP contribution in [-0.2, 0) is 0 Å². The van der Waals surface area contributed by atoms with E-state index in [2.05, 4.69) is 25.5 Å². The van der Waals surface area contributed by atoms with Crippen molar-refractivity contribution >= 4 is 29.3 Å². The summed E-state index contributed by atoms with van der Waals surface area (Å²) >= 11 is 5.58. The number of anilines is 1. The Morgan fingerprint density at radius 2 is 2.17 bits per heavy atom. The summed E-state index contributed by atoms with van der Waals surface area (Å²) < 4.78 is 0. The number of carbonyl (C=O) groups is 2. The summed E-state index contributed by atoms with van der Waals surface area (Å²) in [6.07, 6.45) is 2.52. The van der Waals surface area contributed by atoms with Crippen LogP contribution in [0.4, 0.5) is 5.82 Å². The number of rotatable bonds is 3. The topological polar surface area (TPSA) is 121 Å². The van der Waals surface area contributed by atoms with Crippen LogP contribution in [0.25, 0.3) is 0 Å². The maximum absolute atomic E-state index is 11.7. The van der Waals surface area contributed by atoms with Crippen molar-refractivity contribution < 1.29 is 14.7 Å². The Morgan fingerprint density at radius 3 is 2.78 bits per heavy atom. The van der Waals surface area contributed by atoms with Crippen molar-refractivity contribution in [3.05, 3.63) is 35.0 Å². The van der Waals surface area contributed by atoms with E-state index >= 15 is 0 Å². The molecule has 2 heterocycles. The predicted octanol–water partition coefficient (Wildman–Crippen LogP) is 0.804. The molecule has 0 fully saturated rings. The molecule has 3 N–H and O–H groups in total. The van der Waals surface area contributed by atoms with E-state index in [9.17, 15) is 9.59 Å². The SMILES string of the molecule is O=C(Nc1cc(C(=O)O)[nH]n1)c1cncc(Cl)n1. The van der Waals surface area contributed by atoms with Gasteiger partial charge in [-0.2, -0.15) is 5.10 Å². The Kier molecular flexibility index (Phi) is 3.20. The van der Waals surface area contributed by atoms with Gasteiger partial charge in [0.05, 0.1) is 12.4 Å². The standard InChI is InChI=1S/C9H6ClN5O3/c10-6-3-11-2-5(12-6)8(16)13-7-1-4(9(17)18)14-15-7/h1-3H,(H,17,18)(H2,13,14,15,16). The lowest BCUT2D eigenvalue weighted by atomic mass is 10.4. The molecule has 0 unspecified atom stereocenters. The predicted molar refractivity (Wildman–Crippen MR) is 60.5 cm³/mol. The van der Waals surface area contributed by atoms with Crippen LogP contribution in [0, 0.1) is 0 Å². The van der Waals surface area contributed by atoms with Crippen LogP contribution in [0.3, 0.4) is 0 Å². The first-order chi connectivity index (χ1) is 8.56. The molecule has 0 saturated heterocycles. The first-order valence-corrected chi connectivity index (χ1v) is 5.01. The summed E-state index contributed by atoms with van der Waals surface area (Å²) in [5.41, 5.74) is -0.134. The van der Waals surface area contributed by atoms with Crippen molar-refractivity contribution in [2.24, 2.45) is 0 Å². The molecule has 18 heavy (non-hydrogen) atoms. The number of hydrogen-bond donors (Lipinski definition) is 3. The summed E-state index contributed by atoms with van der Waals surface area (Å²) in [6.45, 7) is 0. The number of carboxylic acid groups (broad SMARTS) is 1. The Hall–Kier alpha value is -2.48. The van der Waals surface area contributed by atoms with Crippen LogP contribution in [0.5, 0.6) is 0 Å². The van der Waals surface area contributed by atoms with Crippen molar-refractivity contribution in [2.45, 2.75) is 0 Å². The van der Waals surface area contributed by atoms with Gasteiger partial charge in [0.25, 0.3) is 5.91 Å². The van der Waals surface area contributed by atoms with E-state index in [1.54, 1.807) is 0 Å². The highest BCUT2D eigenvalue weighted by atomic mass is 35.5. The van der Waals surface area contributed by atoms with Gasteiger partial charge in [0.15, 0.2) is 5.82 Å². The molecule has 2 rings (SSSR count). The number of carbonyl (C=O) groups excluding carboxylic acids is 1. The zero-order valence-corrected chi connectivity index (χ0v) is 9.47. The fourth-order valence-electron chi connectivity index (χ4n) is 1.13. The van der Waals surface area contributed by atoms with Crippen LogP contribution in [-0.4, -0.2) is 37.1 Å². The lowest BCUT2D eigenvalue weighted by molar-refractivity contribution is 0.0690. The van der Waals surface area contributed by atoms with Crippen molar-refractivity contribution in [3.63, 3.8) is 0 Å². The fraction of sp³-hybridized carbons (Fsp3) is 0. The molecule has 0 aliphatic heterocycles. The summed E-state index contributed by atoms with van der Waals surface area (Å²) in [4.78, 5) is 29.7. The van der Waals surface area contributed by atoms with Crippen LogP contribution in [0.15, 0.2) is 18.5 Å². The molecule has 0 aromatic carbocycles. The number of aromatic carboxylic acids is 1. The van der Waals surface area contributed by atoms with Crippen LogP contribution < -0.4 is 5.32 Å². The number of carboxylic acids is 1. The molecule has 0 aliphatic rings. The van der Waals surface area contributed by atoms with Gasteiger partial charge in [0, 0.05) is 6.07 Å². The number of halogens is 1. The van der Waals surface area contributed by atoms with Crippen LogP contribution in [0.2, 0.25) is 5.15 Å². The maximum atomic E-state index is 11.7. The van der Waals surface area contributed by atoms with Gasteiger partial charge in [-0.1, -0.05) is 11.6 Å². The van der Waals surface area contributed by atoms with Gasteiger partial charge >= 0.3 is 5.97 Å². The summed E-state index contributed by atoms with van der Waals surface area (Å²) in [6, 6.07) is 1.18. The summed E-state index contributed by atoms with van der Waals surface area (Å²) in [5, 5.41) is 16.9. The molecule has 2 aromatic rings. The minimum Gasteiger partial charge on any atom is -0.477 e. The third-order valence-electron chi connectivity index (χ3n) is 1.89. The van der Waals surface area contributed by atoms with Gasteiger partial charge in [0.2, 0.25) is 0 Å². The van der Waals surface area contributed by atoms with Crippen molar-refractivity contribution in [2.75, 3.05) is 5.32 Å². The van der Waals surface area contributed by atoms with E-state index in [0.29, 0.717) is 0 Å². The molecule has 0 radical (unpaired) electrons. The van der Waals surface area contributed by atoms with Gasteiger partial charge in [-0.25, -0.2) is 9.78 Å². The largest absolute Gasteiger partial charge is 0.477 e. The number of nitrogens with one attached hydrogen (secondary N) is 2. The lowest BCUT2D eigenvalue weighted by Gasteiger charge is -2.00. The minimum atomic E-state index is -1.18. The van der Waals surface area contributed by atoms with E-state index in [0.717, 1.165) is 0 Å². The average Bonchev–Trinajstić information content (AvgIpc) is 2.77. The number of nitrogens with zero attached hydrogens (tertiary/aromatic N) is 3. The minimum absolute atomic E-state index is 0.00220. The highest BCUT2D eigenvalue weighted by Gasteiger charge is 2.12. The normalized spacial score (nSPS) is 10.1. The number of aromatic amines is 1. The Bertz CT molecular complexity index is 612. The molecule has 0 saturated carbocycles. The zero-order chi connectivity index (χ0) is 13.1. The third kappa shape index (κ3) is 2.61. The first-order valence-electron chi connectivity index (χ1n) is 4.64. The molecule has 0 aliphatic carbocycles. The van der Waals surface area contributed by atoms with E-state index in [1.807, 2.05) is 0 Å². The fourth-order valence-corrected chi connectivity index (χ4v) is 1.27. The van der Waals surface area contributed by atoms with Crippen LogP contribution >= 0.6 is 11.6 Å². The van der Waals surface area contributed by atoms with Crippen molar-refractivity contribution in [1.82, 2.24) is 20.2 Å². The highest BCUT2D eigenvalue weighted by molar-refractivity contribution is 6.29. The number of amides is 1. The summed E-state index contributed by atoms with van der Waals surface area (Å²) in [7, 11) is 0. The molecule has 92 valence electrons. The number of H-pyrrole nitrogens is 1. The Morgan fingerprint density at radius 1 is 1.39 bits per heavy atom. The van der Waals surface area contributed by atoms with Gasteiger partial charge in [0.1, 0.15) is 16.5 Å². The smallest absolute Gasteiger partial charge is 0.353 e. The monoisotopic (exact) mass is 267 g/mol. The molecule has 0 bridgehead atoms. The van der Waals surface area contributed by atoms with E-state index in [-0.39, 0.29) is 22.4 Å². The molecule has 9 heteroatoms. The quantitative estimate of drug-likeness (QED) is 0.756. The first kappa shape index (κ1) is 12.0. The Labute approximate surface area is 105 Å². The van der Waals surface area contributed by atoms with Gasteiger partial charge in [-0.3, -0.25) is 14.9 Å². The Balaban J connectivity index is 2.13. The van der Waals surface area contributed by atoms with E-state index in [1.165, 1.54) is 18.5 Å². The number of aromatic nitrogens is 4. The molecule has 0 atom stereocenters. The second kappa shape index (κ2) is 4.80.